The number of benzene rings is 1. The van der Waals surface area contributed by atoms with E-state index in [4.69, 9.17) is 0 Å². The number of nitrogens with one attached hydrogen (secondary N) is 2. The van der Waals surface area contributed by atoms with Crippen molar-refractivity contribution in [2.24, 2.45) is 5.92 Å². The molecule has 0 unspecified atom stereocenters. The van der Waals surface area contributed by atoms with Gasteiger partial charge in [-0.1, -0.05) is 37.8 Å². The molecule has 2 N–H and O–H groups in total. The normalized spacial score (nSPS) is 16.8. The number of hydrogen-bond donors (Lipinski definition) is 2. The van der Waals surface area contributed by atoms with Gasteiger partial charge in [-0.2, -0.15) is 0 Å². The van der Waals surface area contributed by atoms with Gasteiger partial charge in [-0.15, -0.1) is 0 Å². The summed E-state index contributed by atoms with van der Waals surface area (Å²) in [6.45, 7) is 1.56. The first-order chi connectivity index (χ1) is 13.3. The fraction of sp³-hybridized carbons (Fsp3) is 0.476. The molecule has 3 heterocycles. The van der Waals surface area contributed by atoms with Gasteiger partial charge in [-0.25, -0.2) is 9.97 Å². The van der Waals surface area contributed by atoms with Crippen LogP contribution in [0.1, 0.15) is 49.9 Å². The van der Waals surface area contributed by atoms with Crippen LogP contribution in [0.3, 0.4) is 0 Å². The van der Waals surface area contributed by atoms with Gasteiger partial charge in [0.2, 0.25) is 5.91 Å². The van der Waals surface area contributed by atoms with Crippen molar-refractivity contribution in [1.29, 1.82) is 0 Å². The van der Waals surface area contributed by atoms with Gasteiger partial charge in [-0.3, -0.25) is 4.79 Å². The zero-order valence-electron chi connectivity index (χ0n) is 15.7. The smallest absolute Gasteiger partial charge is 0.222 e. The average Bonchev–Trinajstić information content (AvgIpc) is 3.47. The Kier molecular flexibility index (Phi) is 5.51. The van der Waals surface area contributed by atoms with Crippen molar-refractivity contribution in [3.05, 3.63) is 48.3 Å². The summed E-state index contributed by atoms with van der Waals surface area (Å²) in [6, 6.07) is 7.94. The number of H-pyrrole nitrogens is 2. The number of hydrogen-bond acceptors (Lipinski definition) is 3. The maximum Gasteiger partial charge on any atom is 0.222 e. The number of carbonyl (C=O) groups is 1. The quantitative estimate of drug-likeness (QED) is 0.740. The zero-order valence-corrected chi connectivity index (χ0v) is 15.7. The number of para-hydroxylation sites is 2. The number of aromatic nitrogens is 4. The topological polar surface area (TPSA) is 77.7 Å². The Labute approximate surface area is 159 Å². The monoisotopic (exact) mass is 365 g/mol. The van der Waals surface area contributed by atoms with Crippen LogP contribution in [0.4, 0.5) is 0 Å². The fourth-order valence-electron chi connectivity index (χ4n) is 4.09. The van der Waals surface area contributed by atoms with Gasteiger partial charge < -0.3 is 14.9 Å². The van der Waals surface area contributed by atoms with E-state index in [-0.39, 0.29) is 0 Å². The van der Waals surface area contributed by atoms with Crippen LogP contribution in [-0.2, 0) is 17.8 Å². The van der Waals surface area contributed by atoms with Gasteiger partial charge >= 0.3 is 0 Å². The summed E-state index contributed by atoms with van der Waals surface area (Å²) in [6.07, 6.45) is 11.5. The molecule has 1 amide bonds. The first kappa shape index (κ1) is 17.8. The van der Waals surface area contributed by atoms with E-state index >= 15 is 0 Å². The van der Waals surface area contributed by atoms with Crippen molar-refractivity contribution >= 4 is 16.9 Å². The van der Waals surface area contributed by atoms with E-state index in [0.717, 1.165) is 60.7 Å². The van der Waals surface area contributed by atoms with Crippen LogP contribution in [0.5, 0.6) is 0 Å². The van der Waals surface area contributed by atoms with Crippen molar-refractivity contribution < 1.29 is 4.79 Å². The molecule has 1 aromatic carbocycles. The molecule has 1 saturated carbocycles. The van der Waals surface area contributed by atoms with Crippen LogP contribution >= 0.6 is 0 Å². The fourth-order valence-corrected chi connectivity index (χ4v) is 4.09. The Morgan fingerprint density at radius 1 is 1.11 bits per heavy atom. The second-order valence-corrected chi connectivity index (χ2v) is 7.50. The number of fused-ring (bicyclic) bond motifs is 2. The van der Waals surface area contributed by atoms with E-state index in [1.807, 2.05) is 29.2 Å². The highest BCUT2D eigenvalue weighted by Gasteiger charge is 2.23. The molecule has 0 saturated heterocycles. The Morgan fingerprint density at radius 2 is 1.93 bits per heavy atom. The maximum atomic E-state index is 12.2. The van der Waals surface area contributed by atoms with Gasteiger partial charge in [0.05, 0.1) is 41.6 Å². The molecule has 0 spiro atoms. The Morgan fingerprint density at radius 3 is 2.78 bits per heavy atom. The largest absolute Gasteiger partial charge is 0.347 e. The lowest BCUT2D eigenvalue weighted by Crippen LogP contribution is -2.36. The Balaban J connectivity index is 0.000000167. The minimum atomic E-state index is 0.321. The summed E-state index contributed by atoms with van der Waals surface area (Å²) in [5, 5.41) is 0. The molecule has 1 fully saturated rings. The van der Waals surface area contributed by atoms with Crippen LogP contribution in [0.15, 0.2) is 36.9 Å². The third-order valence-corrected chi connectivity index (χ3v) is 5.70. The van der Waals surface area contributed by atoms with E-state index in [2.05, 4.69) is 19.9 Å². The Hall–Kier alpha value is -2.63. The minimum absolute atomic E-state index is 0.321. The summed E-state index contributed by atoms with van der Waals surface area (Å²) in [5.41, 5.74) is 4.38. The van der Waals surface area contributed by atoms with Crippen molar-refractivity contribution in [2.45, 2.75) is 51.5 Å². The third-order valence-electron chi connectivity index (χ3n) is 5.70. The number of carbonyl (C=O) groups excluding carboxylic acids is 1. The van der Waals surface area contributed by atoms with E-state index in [0.29, 0.717) is 5.91 Å². The molecule has 27 heavy (non-hydrogen) atoms. The second-order valence-electron chi connectivity index (χ2n) is 7.50. The summed E-state index contributed by atoms with van der Waals surface area (Å²) < 4.78 is 0. The minimum Gasteiger partial charge on any atom is -0.347 e. The number of imidazole rings is 2. The molecular weight excluding hydrogens is 338 g/mol. The highest BCUT2D eigenvalue weighted by Crippen LogP contribution is 2.29. The highest BCUT2D eigenvalue weighted by atomic mass is 16.2. The molecule has 2 aromatic heterocycles. The molecule has 1 aliphatic carbocycles. The molecule has 5 rings (SSSR count). The molecule has 142 valence electrons. The highest BCUT2D eigenvalue weighted by molar-refractivity contribution is 5.76. The van der Waals surface area contributed by atoms with Crippen molar-refractivity contribution in [3.63, 3.8) is 0 Å². The first-order valence-corrected chi connectivity index (χ1v) is 9.96. The lowest BCUT2D eigenvalue weighted by molar-refractivity contribution is -0.132. The van der Waals surface area contributed by atoms with Crippen molar-refractivity contribution in [3.8, 4) is 0 Å². The molecular formula is C21H27N5O. The second kappa shape index (κ2) is 8.37. The molecule has 1 aliphatic heterocycles. The molecule has 6 heteroatoms. The van der Waals surface area contributed by atoms with Crippen LogP contribution < -0.4 is 0 Å². The van der Waals surface area contributed by atoms with Crippen molar-refractivity contribution in [2.75, 3.05) is 6.54 Å². The van der Waals surface area contributed by atoms with Gasteiger partial charge in [-0.05, 0) is 24.5 Å². The molecule has 3 aromatic rings. The standard InChI is InChI=1S/C14H21N3O.C7H6N2/c18-14(6-5-11-3-1-2-4-11)17-8-7-12-13(9-17)16-10-15-12;1-2-4-7-6(3-1)8-5-9-7/h10-11H,1-9H2,(H,15,16);1-5H,(H,8,9). The van der Waals surface area contributed by atoms with E-state index in [1.54, 1.807) is 12.7 Å². The first-order valence-electron chi connectivity index (χ1n) is 9.96. The Bertz CT molecular complexity index is 847. The predicted octanol–water partition coefficient (Wildman–Crippen LogP) is 3.83. The summed E-state index contributed by atoms with van der Waals surface area (Å²) in [7, 11) is 0. The lowest BCUT2D eigenvalue weighted by Gasteiger charge is -2.26. The summed E-state index contributed by atoms with van der Waals surface area (Å²) in [5.74, 6) is 1.13. The molecule has 2 aliphatic rings. The summed E-state index contributed by atoms with van der Waals surface area (Å²) in [4.78, 5) is 28.6. The van der Waals surface area contributed by atoms with E-state index in [1.165, 1.54) is 25.7 Å². The zero-order chi connectivity index (χ0) is 18.5. The lowest BCUT2D eigenvalue weighted by atomic mass is 10.0. The molecule has 0 radical (unpaired) electrons. The predicted molar refractivity (Wildman–Crippen MR) is 105 cm³/mol. The van der Waals surface area contributed by atoms with E-state index < -0.39 is 0 Å². The summed E-state index contributed by atoms with van der Waals surface area (Å²) >= 11 is 0. The van der Waals surface area contributed by atoms with Gasteiger partial charge in [0.1, 0.15) is 0 Å². The number of nitrogens with zero attached hydrogens (tertiary/aromatic N) is 3. The van der Waals surface area contributed by atoms with Crippen LogP contribution in [-0.4, -0.2) is 37.3 Å². The van der Waals surface area contributed by atoms with Gasteiger partial charge in [0, 0.05) is 19.4 Å². The van der Waals surface area contributed by atoms with E-state index in [9.17, 15) is 4.79 Å². The number of aromatic amines is 2. The average molecular weight is 365 g/mol. The maximum absolute atomic E-state index is 12.2. The van der Waals surface area contributed by atoms with Crippen LogP contribution in [0.25, 0.3) is 11.0 Å². The van der Waals surface area contributed by atoms with Gasteiger partial charge in [0.25, 0.3) is 0 Å². The SMILES string of the molecule is O=C(CCC1CCCC1)N1CCc2nc[nH]c2C1.c1ccc2[nH]cnc2c1. The van der Waals surface area contributed by atoms with Gasteiger partial charge in [0.15, 0.2) is 0 Å². The molecule has 6 nitrogen and oxygen atoms in total. The molecule has 0 atom stereocenters. The molecule has 0 bridgehead atoms. The van der Waals surface area contributed by atoms with Crippen molar-refractivity contribution in [1.82, 2.24) is 24.8 Å². The van der Waals surface area contributed by atoms with Crippen LogP contribution in [0.2, 0.25) is 0 Å². The van der Waals surface area contributed by atoms with Crippen LogP contribution in [0, 0.1) is 5.92 Å². The third kappa shape index (κ3) is 4.38. The number of rotatable bonds is 3. The number of amides is 1.